The molecule has 0 N–H and O–H groups in total. The normalized spacial score (nSPS) is 18.7. The van der Waals surface area contributed by atoms with Crippen molar-refractivity contribution in [2.75, 3.05) is 26.0 Å². The number of halogens is 2. The molecule has 0 radical (unpaired) electrons. The van der Waals surface area contributed by atoms with Crippen LogP contribution in [0.15, 0.2) is 34.9 Å². The summed E-state index contributed by atoms with van der Waals surface area (Å²) >= 11 is 9.88. The van der Waals surface area contributed by atoms with Gasteiger partial charge in [-0.15, -0.1) is 0 Å². The molecule has 1 atom stereocenters. The van der Waals surface area contributed by atoms with Gasteiger partial charge in [-0.05, 0) is 96.4 Å². The van der Waals surface area contributed by atoms with Gasteiger partial charge in [-0.25, -0.2) is 4.79 Å². The summed E-state index contributed by atoms with van der Waals surface area (Å²) in [5.74, 6) is 0.146. The van der Waals surface area contributed by atoms with Crippen molar-refractivity contribution in [3.63, 3.8) is 0 Å². The lowest BCUT2D eigenvalue weighted by atomic mass is 9.76. The van der Waals surface area contributed by atoms with E-state index in [2.05, 4.69) is 15.9 Å². The highest BCUT2D eigenvalue weighted by molar-refractivity contribution is 9.10. The highest BCUT2D eigenvalue weighted by Crippen LogP contribution is 2.45. The molecular formula is C26H30BrClN2O5S. The number of pyridine rings is 1. The first-order valence-corrected chi connectivity index (χ1v) is 14.8. The van der Waals surface area contributed by atoms with Gasteiger partial charge in [0.1, 0.15) is 5.60 Å². The maximum absolute atomic E-state index is 12.6. The van der Waals surface area contributed by atoms with E-state index in [-0.39, 0.29) is 24.5 Å². The third kappa shape index (κ3) is 6.49. The molecule has 0 saturated carbocycles. The van der Waals surface area contributed by atoms with Gasteiger partial charge in [-0.1, -0.05) is 17.7 Å². The summed E-state index contributed by atoms with van der Waals surface area (Å²) in [6, 6.07) is 7.73. The molecule has 2 heterocycles. The van der Waals surface area contributed by atoms with Gasteiger partial charge < -0.3 is 9.64 Å². The molecule has 0 bridgehead atoms. The zero-order valence-corrected chi connectivity index (χ0v) is 23.9. The van der Waals surface area contributed by atoms with Crippen molar-refractivity contribution >= 4 is 55.4 Å². The van der Waals surface area contributed by atoms with E-state index in [1.165, 1.54) is 0 Å². The number of likely N-dealkylation sites (tertiary alicyclic amines) is 1. The van der Waals surface area contributed by atoms with Crippen LogP contribution in [0.2, 0.25) is 5.02 Å². The third-order valence-electron chi connectivity index (χ3n) is 6.33. The van der Waals surface area contributed by atoms with Crippen LogP contribution in [-0.2, 0) is 19.0 Å². The van der Waals surface area contributed by atoms with Crippen molar-refractivity contribution in [1.29, 1.82) is 0 Å². The molecule has 1 amide bonds. The maximum atomic E-state index is 12.6. The van der Waals surface area contributed by atoms with Gasteiger partial charge in [-0.2, -0.15) is 8.42 Å². The number of amides is 1. The number of nitrogens with zero attached hydrogens (tertiary/aromatic N) is 2. The lowest BCUT2D eigenvalue weighted by Crippen LogP contribution is -2.42. The van der Waals surface area contributed by atoms with Crippen LogP contribution in [0.25, 0.3) is 11.6 Å². The molecule has 1 aliphatic heterocycles. The van der Waals surface area contributed by atoms with E-state index < -0.39 is 15.7 Å². The number of piperidine rings is 1. The molecule has 36 heavy (non-hydrogen) atoms. The topological polar surface area (TPSA) is 85.8 Å². The average molecular weight is 598 g/mol. The molecule has 10 heteroatoms. The molecule has 1 fully saturated rings. The van der Waals surface area contributed by atoms with E-state index in [1.54, 1.807) is 11.1 Å². The monoisotopic (exact) mass is 596 g/mol. The second-order valence-corrected chi connectivity index (χ2v) is 13.3. The number of benzene rings is 1. The number of ether oxygens (including phenoxy) is 1. The molecule has 1 unspecified atom stereocenters. The van der Waals surface area contributed by atoms with Gasteiger partial charge in [0.25, 0.3) is 10.1 Å². The highest BCUT2D eigenvalue weighted by Gasteiger charge is 2.36. The first-order valence-electron chi connectivity index (χ1n) is 11.8. The molecule has 4 rings (SSSR count). The molecule has 0 spiro atoms. The molecule has 1 aliphatic carbocycles. The smallest absolute Gasteiger partial charge is 0.410 e. The van der Waals surface area contributed by atoms with Crippen LogP contribution in [0.5, 0.6) is 0 Å². The maximum Gasteiger partial charge on any atom is 0.410 e. The summed E-state index contributed by atoms with van der Waals surface area (Å²) < 4.78 is 35.1. The number of fused-ring (bicyclic) bond motifs is 2. The van der Waals surface area contributed by atoms with Gasteiger partial charge in [0.05, 0.1) is 18.6 Å². The minimum atomic E-state index is -3.64. The third-order valence-corrected chi connectivity index (χ3v) is 7.55. The Morgan fingerprint density at radius 1 is 1.22 bits per heavy atom. The molecule has 1 aromatic heterocycles. The second-order valence-electron chi connectivity index (χ2n) is 10.3. The van der Waals surface area contributed by atoms with Crippen LogP contribution >= 0.6 is 27.5 Å². The molecule has 7 nitrogen and oxygen atoms in total. The van der Waals surface area contributed by atoms with E-state index in [0.717, 1.165) is 46.0 Å². The summed E-state index contributed by atoms with van der Waals surface area (Å²) in [6.45, 7) is 6.66. The van der Waals surface area contributed by atoms with Crippen molar-refractivity contribution in [1.82, 2.24) is 9.88 Å². The second kappa shape index (κ2) is 10.4. The van der Waals surface area contributed by atoms with Crippen LogP contribution in [0.4, 0.5) is 4.79 Å². The Morgan fingerprint density at radius 2 is 1.92 bits per heavy atom. The van der Waals surface area contributed by atoms with Gasteiger partial charge in [0.2, 0.25) is 0 Å². The van der Waals surface area contributed by atoms with Crippen LogP contribution in [0.3, 0.4) is 0 Å². The fourth-order valence-electron chi connectivity index (χ4n) is 4.83. The number of carbonyl (C=O) groups excluding carboxylic acids is 1. The Morgan fingerprint density at radius 3 is 2.56 bits per heavy atom. The predicted molar refractivity (Wildman–Crippen MR) is 144 cm³/mol. The number of aromatic nitrogens is 1. The minimum Gasteiger partial charge on any atom is -0.444 e. The van der Waals surface area contributed by atoms with E-state index in [0.29, 0.717) is 23.7 Å². The van der Waals surface area contributed by atoms with Crippen molar-refractivity contribution in [2.24, 2.45) is 5.92 Å². The summed E-state index contributed by atoms with van der Waals surface area (Å²) in [6.07, 6.45) is 6.00. The van der Waals surface area contributed by atoms with Crippen LogP contribution in [0, 0.1) is 5.92 Å². The van der Waals surface area contributed by atoms with Gasteiger partial charge in [0, 0.05) is 40.3 Å². The largest absolute Gasteiger partial charge is 0.444 e. The Labute approximate surface area is 226 Å². The quantitative estimate of drug-likeness (QED) is 0.396. The molecule has 1 saturated heterocycles. The summed E-state index contributed by atoms with van der Waals surface area (Å²) in [7, 11) is -3.64. The van der Waals surface area contributed by atoms with Gasteiger partial charge >= 0.3 is 6.09 Å². The van der Waals surface area contributed by atoms with Crippen molar-refractivity contribution < 1.29 is 22.1 Å². The van der Waals surface area contributed by atoms with Crippen LogP contribution < -0.4 is 0 Å². The molecule has 194 valence electrons. The summed E-state index contributed by atoms with van der Waals surface area (Å²) in [4.78, 5) is 19.2. The molecular weight excluding hydrogens is 568 g/mol. The zero-order chi connectivity index (χ0) is 26.3. The van der Waals surface area contributed by atoms with Crippen molar-refractivity contribution in [2.45, 2.75) is 45.1 Å². The number of carbonyl (C=O) groups is 1. The minimum absolute atomic E-state index is 0.0619. The standard InChI is InChI=1S/C26H30BrClN2O5S/c1-26(2,3)35-25(31)30-9-7-16(8-10-30)23-21-6-5-20(28)12-17(21)11-18(15-34-36(4,32)33)22-13-19(27)14-29-24(22)23/h5-6,11-14,16,23H,7-10,15H2,1-4H3. The van der Waals surface area contributed by atoms with E-state index in [9.17, 15) is 13.2 Å². The van der Waals surface area contributed by atoms with Crippen molar-refractivity contribution in [3.8, 4) is 0 Å². The van der Waals surface area contributed by atoms with Gasteiger partial charge in [-0.3, -0.25) is 9.17 Å². The van der Waals surface area contributed by atoms with Gasteiger partial charge in [0.15, 0.2) is 0 Å². The Bertz CT molecular complexity index is 1300. The van der Waals surface area contributed by atoms with E-state index >= 15 is 0 Å². The zero-order valence-electron chi connectivity index (χ0n) is 20.8. The Kier molecular flexibility index (Phi) is 7.86. The lowest BCUT2D eigenvalue weighted by molar-refractivity contribution is 0.0178. The first-order chi connectivity index (χ1) is 16.8. The van der Waals surface area contributed by atoms with E-state index in [1.807, 2.05) is 51.1 Å². The fourth-order valence-corrected chi connectivity index (χ4v) is 5.68. The Balaban J connectivity index is 1.72. The predicted octanol–water partition coefficient (Wildman–Crippen LogP) is 6.11. The number of hydrogen-bond donors (Lipinski definition) is 0. The summed E-state index contributed by atoms with van der Waals surface area (Å²) in [5, 5.41) is 0.590. The lowest BCUT2D eigenvalue weighted by Gasteiger charge is -2.37. The molecule has 1 aromatic carbocycles. The number of hydrogen-bond acceptors (Lipinski definition) is 6. The molecule has 2 aromatic rings. The van der Waals surface area contributed by atoms with Crippen molar-refractivity contribution in [3.05, 3.63) is 62.3 Å². The highest BCUT2D eigenvalue weighted by atomic mass is 79.9. The fraction of sp³-hybridized carbons (Fsp3) is 0.462. The average Bonchev–Trinajstić information content (AvgIpc) is 2.90. The van der Waals surface area contributed by atoms with E-state index in [4.69, 9.17) is 25.5 Å². The summed E-state index contributed by atoms with van der Waals surface area (Å²) in [5.41, 5.74) is 3.84. The molecule has 2 aliphatic rings. The SMILES string of the molecule is CC(C)(C)OC(=O)N1CCC(C2c3ccc(Cl)cc3C=C(COS(C)(=O)=O)c3cc(Br)cnc32)CC1. The Hall–Kier alpha value is -1.94. The first kappa shape index (κ1) is 27.1. The number of rotatable bonds is 4. The van der Waals surface area contributed by atoms with Crippen LogP contribution in [-0.4, -0.2) is 55.9 Å². The van der Waals surface area contributed by atoms with Crippen LogP contribution in [0.1, 0.15) is 61.9 Å².